The first-order valence-electron chi connectivity index (χ1n) is 6.20. The van der Waals surface area contributed by atoms with Crippen molar-refractivity contribution in [3.05, 3.63) is 54.1 Å². The average molecular weight is 260 g/mol. The fourth-order valence-corrected chi connectivity index (χ4v) is 1.76. The van der Waals surface area contributed by atoms with E-state index >= 15 is 0 Å². The van der Waals surface area contributed by atoms with E-state index in [9.17, 15) is 0 Å². The van der Waals surface area contributed by atoms with Crippen LogP contribution in [-0.4, -0.2) is 17.2 Å². The lowest BCUT2D eigenvalue weighted by Crippen LogP contribution is -2.29. The predicted molar refractivity (Wildman–Crippen MR) is 82.0 cm³/mol. The highest BCUT2D eigenvalue weighted by Gasteiger charge is 2.09. The van der Waals surface area contributed by atoms with E-state index in [4.69, 9.17) is 10.0 Å². The molecular weight excluding hydrogens is 247 g/mol. The van der Waals surface area contributed by atoms with Gasteiger partial charge in [0.05, 0.1) is 0 Å². The molecule has 0 radical (unpaired) electrons. The number of benzene rings is 2. The summed E-state index contributed by atoms with van der Waals surface area (Å²) in [5.74, 6) is 11.1. The molecule has 0 aliphatic heterocycles. The minimum atomic E-state index is -1.43. The molecule has 0 bridgehead atoms. The van der Waals surface area contributed by atoms with Crippen molar-refractivity contribution in [2.45, 2.75) is 6.92 Å². The van der Waals surface area contributed by atoms with Crippen molar-refractivity contribution in [2.24, 2.45) is 0 Å². The third-order valence-electron chi connectivity index (χ3n) is 2.82. The topological polar surface area (TPSA) is 40.5 Å². The minimum absolute atomic E-state index is 0.481. The fourth-order valence-electron chi connectivity index (χ4n) is 1.76. The molecule has 2 rings (SSSR count). The van der Waals surface area contributed by atoms with Gasteiger partial charge in [-0.15, -0.1) is 0 Å². The smallest absolute Gasteiger partial charge is 0.423 e. The van der Waals surface area contributed by atoms with Crippen LogP contribution >= 0.6 is 0 Å². The molecule has 0 amide bonds. The summed E-state index contributed by atoms with van der Waals surface area (Å²) in [6.45, 7) is 1.75. The number of rotatable bonds is 2. The van der Waals surface area contributed by atoms with E-state index in [1.54, 1.807) is 19.1 Å². The van der Waals surface area contributed by atoms with Crippen LogP contribution in [0.4, 0.5) is 0 Å². The van der Waals surface area contributed by atoms with Crippen molar-refractivity contribution in [3.8, 4) is 34.8 Å². The molecule has 0 aromatic heterocycles. The zero-order valence-corrected chi connectivity index (χ0v) is 11.1. The van der Waals surface area contributed by atoms with Gasteiger partial charge in [0.1, 0.15) is 0 Å². The SMILES string of the molecule is CC#CC#Cc1ccc(-c2ccc(B(O)O)cc2)cc1. The highest BCUT2D eigenvalue weighted by molar-refractivity contribution is 6.58. The van der Waals surface area contributed by atoms with Crippen molar-refractivity contribution in [1.82, 2.24) is 0 Å². The van der Waals surface area contributed by atoms with Gasteiger partial charge >= 0.3 is 7.12 Å². The Bertz CT molecular complexity index is 693. The first-order valence-corrected chi connectivity index (χ1v) is 6.20. The molecule has 0 heterocycles. The molecule has 20 heavy (non-hydrogen) atoms. The molecule has 0 saturated carbocycles. The quantitative estimate of drug-likeness (QED) is 0.633. The Kier molecular flexibility index (Phi) is 4.63. The summed E-state index contributed by atoms with van der Waals surface area (Å²) in [6.07, 6.45) is 0. The van der Waals surface area contributed by atoms with Gasteiger partial charge < -0.3 is 10.0 Å². The lowest BCUT2D eigenvalue weighted by molar-refractivity contribution is 0.426. The molecule has 0 aliphatic rings. The second-order valence-corrected chi connectivity index (χ2v) is 4.20. The van der Waals surface area contributed by atoms with Gasteiger partial charge in [-0.25, -0.2) is 0 Å². The second kappa shape index (κ2) is 6.64. The molecule has 2 N–H and O–H groups in total. The highest BCUT2D eigenvalue weighted by atomic mass is 16.4. The van der Waals surface area contributed by atoms with Gasteiger partial charge in [0.2, 0.25) is 0 Å². The number of hydrogen-bond acceptors (Lipinski definition) is 2. The lowest BCUT2D eigenvalue weighted by Gasteiger charge is -2.04. The summed E-state index contributed by atoms with van der Waals surface area (Å²) >= 11 is 0. The maximum absolute atomic E-state index is 9.05. The maximum Gasteiger partial charge on any atom is 0.488 e. The van der Waals surface area contributed by atoms with Gasteiger partial charge in [-0.05, 0) is 47.5 Å². The van der Waals surface area contributed by atoms with Crippen LogP contribution in [0.3, 0.4) is 0 Å². The zero-order chi connectivity index (χ0) is 14.4. The van der Waals surface area contributed by atoms with Crippen LogP contribution in [0, 0.1) is 23.7 Å². The first-order chi connectivity index (χ1) is 9.70. The monoisotopic (exact) mass is 260 g/mol. The van der Waals surface area contributed by atoms with E-state index < -0.39 is 7.12 Å². The van der Waals surface area contributed by atoms with E-state index in [1.165, 1.54) is 0 Å². The summed E-state index contributed by atoms with van der Waals surface area (Å²) in [5, 5.41) is 18.1. The summed E-state index contributed by atoms with van der Waals surface area (Å²) < 4.78 is 0. The van der Waals surface area contributed by atoms with Crippen molar-refractivity contribution in [1.29, 1.82) is 0 Å². The molecule has 0 atom stereocenters. The van der Waals surface area contributed by atoms with E-state index in [0.717, 1.165) is 16.7 Å². The van der Waals surface area contributed by atoms with Crippen molar-refractivity contribution >= 4 is 12.6 Å². The van der Waals surface area contributed by atoms with Crippen LogP contribution in [0.2, 0.25) is 0 Å². The molecule has 96 valence electrons. The van der Waals surface area contributed by atoms with Crippen LogP contribution in [0.1, 0.15) is 12.5 Å². The summed E-state index contributed by atoms with van der Waals surface area (Å²) in [4.78, 5) is 0. The average Bonchev–Trinajstić information content (AvgIpc) is 2.48. The third-order valence-corrected chi connectivity index (χ3v) is 2.82. The Labute approximate surface area is 119 Å². The van der Waals surface area contributed by atoms with Crippen LogP contribution in [0.25, 0.3) is 11.1 Å². The van der Waals surface area contributed by atoms with E-state index in [0.29, 0.717) is 5.46 Å². The normalized spacial score (nSPS) is 8.95. The van der Waals surface area contributed by atoms with Crippen LogP contribution < -0.4 is 5.46 Å². The highest BCUT2D eigenvalue weighted by Crippen LogP contribution is 2.18. The van der Waals surface area contributed by atoms with Crippen molar-refractivity contribution < 1.29 is 10.0 Å². The maximum atomic E-state index is 9.05. The standard InChI is InChI=1S/C17H13BO2/c1-2-3-4-5-14-6-8-15(9-7-14)16-10-12-17(13-11-16)18(19)20/h6-13,19-20H,1H3. The number of hydrogen-bond donors (Lipinski definition) is 2. The molecule has 0 aliphatic carbocycles. The van der Waals surface area contributed by atoms with Crippen molar-refractivity contribution in [3.63, 3.8) is 0 Å². The van der Waals surface area contributed by atoms with Crippen molar-refractivity contribution in [2.75, 3.05) is 0 Å². The Morgan fingerprint density at radius 3 is 1.85 bits per heavy atom. The Balaban J connectivity index is 2.21. The van der Waals surface area contributed by atoms with Gasteiger partial charge in [-0.3, -0.25) is 0 Å². The minimum Gasteiger partial charge on any atom is -0.423 e. The largest absolute Gasteiger partial charge is 0.488 e. The third kappa shape index (κ3) is 3.52. The molecule has 3 heteroatoms. The summed E-state index contributed by atoms with van der Waals surface area (Å²) in [7, 11) is -1.43. The van der Waals surface area contributed by atoms with Crippen LogP contribution in [0.5, 0.6) is 0 Å². The lowest BCUT2D eigenvalue weighted by atomic mass is 9.80. The van der Waals surface area contributed by atoms with Crippen LogP contribution in [-0.2, 0) is 0 Å². The Morgan fingerprint density at radius 2 is 1.35 bits per heavy atom. The van der Waals surface area contributed by atoms with Gasteiger partial charge in [0, 0.05) is 5.56 Å². The zero-order valence-electron chi connectivity index (χ0n) is 11.1. The van der Waals surface area contributed by atoms with E-state index in [-0.39, 0.29) is 0 Å². The summed E-state index contributed by atoms with van der Waals surface area (Å²) in [6, 6.07) is 15.0. The predicted octanol–water partition coefficient (Wildman–Crippen LogP) is 1.41. The summed E-state index contributed by atoms with van der Waals surface area (Å²) in [5.41, 5.74) is 3.46. The van der Waals surface area contributed by atoms with E-state index in [1.807, 2.05) is 36.4 Å². The second-order valence-electron chi connectivity index (χ2n) is 4.20. The molecule has 0 unspecified atom stereocenters. The molecular formula is C17H13BO2. The van der Waals surface area contributed by atoms with Gasteiger partial charge in [-0.2, -0.15) is 0 Å². The molecule has 0 spiro atoms. The molecule has 2 aromatic carbocycles. The molecule has 2 nitrogen and oxygen atoms in total. The van der Waals surface area contributed by atoms with Crippen LogP contribution in [0.15, 0.2) is 48.5 Å². The molecule has 0 fully saturated rings. The van der Waals surface area contributed by atoms with Gasteiger partial charge in [0.15, 0.2) is 0 Å². The Hall–Kier alpha value is -2.46. The fraction of sp³-hybridized carbons (Fsp3) is 0.0588. The first kappa shape index (κ1) is 14.0. The molecule has 0 saturated heterocycles. The van der Waals surface area contributed by atoms with Gasteiger partial charge in [-0.1, -0.05) is 48.2 Å². The molecule has 2 aromatic rings. The Morgan fingerprint density at radius 1 is 0.800 bits per heavy atom. The van der Waals surface area contributed by atoms with E-state index in [2.05, 4.69) is 23.7 Å². The van der Waals surface area contributed by atoms with Gasteiger partial charge in [0.25, 0.3) is 0 Å².